The summed E-state index contributed by atoms with van der Waals surface area (Å²) in [5.74, 6) is -0.518. The Labute approximate surface area is 171 Å². The van der Waals surface area contributed by atoms with Crippen molar-refractivity contribution >= 4 is 12.1 Å². The van der Waals surface area contributed by atoms with Crippen molar-refractivity contribution in [3.8, 4) is 0 Å². The molecule has 0 heterocycles. The molecule has 0 unspecified atom stereocenters. The molecule has 2 N–H and O–H groups in total. The second-order valence-corrected chi connectivity index (χ2v) is 6.13. The standard InChI is InChI=1S/C19H35NO3.Na.H/c1-2-3-4-5-6-7-8-9-10-11-12-13-14-15-16-17-18(21)23-19(20)22;;/h9-10H,2-8,11-17H2,1H3,(H2,20,22);;/q;+1;-1/b10-9-;;. The zero-order valence-electron chi connectivity index (χ0n) is 16.9. The summed E-state index contributed by atoms with van der Waals surface area (Å²) in [6.45, 7) is 2.25. The normalized spacial score (nSPS) is 10.5. The van der Waals surface area contributed by atoms with Gasteiger partial charge in [0.25, 0.3) is 0 Å². The third-order valence-corrected chi connectivity index (χ3v) is 3.86. The van der Waals surface area contributed by atoms with Crippen molar-refractivity contribution in [1.29, 1.82) is 0 Å². The summed E-state index contributed by atoms with van der Waals surface area (Å²) in [6.07, 6.45) is 19.7. The predicted octanol–water partition coefficient (Wildman–Crippen LogP) is 2.76. The van der Waals surface area contributed by atoms with Gasteiger partial charge in [0.05, 0.1) is 0 Å². The van der Waals surface area contributed by atoms with E-state index in [2.05, 4.69) is 23.8 Å². The van der Waals surface area contributed by atoms with Gasteiger partial charge in [-0.25, -0.2) is 4.79 Å². The van der Waals surface area contributed by atoms with Crippen molar-refractivity contribution in [2.45, 2.75) is 96.8 Å². The van der Waals surface area contributed by atoms with Gasteiger partial charge in [0.2, 0.25) is 0 Å². The summed E-state index contributed by atoms with van der Waals surface area (Å²) < 4.78 is 4.26. The molecule has 0 rings (SSSR count). The van der Waals surface area contributed by atoms with Gasteiger partial charge in [0, 0.05) is 6.42 Å². The van der Waals surface area contributed by atoms with Crippen molar-refractivity contribution in [1.82, 2.24) is 0 Å². The Kier molecular flexibility index (Phi) is 22.4. The molecule has 0 aliphatic rings. The zero-order valence-corrected chi connectivity index (χ0v) is 17.9. The number of carbonyl (C=O) groups excluding carboxylic acids is 2. The van der Waals surface area contributed by atoms with E-state index < -0.39 is 12.1 Å². The molecule has 0 aromatic rings. The number of rotatable bonds is 15. The van der Waals surface area contributed by atoms with Crippen LogP contribution in [0.1, 0.15) is 98.2 Å². The molecule has 0 saturated carbocycles. The summed E-state index contributed by atoms with van der Waals surface area (Å²) in [5, 5.41) is 0. The minimum Gasteiger partial charge on any atom is -1.00 e. The van der Waals surface area contributed by atoms with Crippen LogP contribution in [0.2, 0.25) is 0 Å². The maximum Gasteiger partial charge on any atom is 1.00 e. The van der Waals surface area contributed by atoms with Gasteiger partial charge < -0.3 is 11.9 Å². The van der Waals surface area contributed by atoms with Gasteiger partial charge >= 0.3 is 41.6 Å². The molecule has 0 bridgehead atoms. The molecule has 0 atom stereocenters. The van der Waals surface area contributed by atoms with E-state index in [1.807, 2.05) is 0 Å². The van der Waals surface area contributed by atoms with Gasteiger partial charge in [0.1, 0.15) is 0 Å². The van der Waals surface area contributed by atoms with Crippen molar-refractivity contribution in [3.63, 3.8) is 0 Å². The summed E-state index contributed by atoms with van der Waals surface area (Å²) in [5.41, 5.74) is 4.76. The van der Waals surface area contributed by atoms with Crippen LogP contribution in [0.5, 0.6) is 0 Å². The van der Waals surface area contributed by atoms with Crippen LogP contribution in [0.25, 0.3) is 0 Å². The average molecular weight is 349 g/mol. The SMILES string of the molecule is CCCCCCCC/C=C\CCCCCCCC(=O)OC(N)=O.[H-].[Na+]. The number of allylic oxidation sites excluding steroid dienone is 2. The number of carbonyl (C=O) groups is 2. The van der Waals surface area contributed by atoms with E-state index >= 15 is 0 Å². The fraction of sp³-hybridized carbons (Fsp3) is 0.789. The van der Waals surface area contributed by atoms with Gasteiger partial charge in [-0.05, 0) is 32.1 Å². The van der Waals surface area contributed by atoms with Crippen LogP contribution >= 0.6 is 0 Å². The van der Waals surface area contributed by atoms with Crippen molar-refractivity contribution in [3.05, 3.63) is 12.2 Å². The first kappa shape index (κ1) is 25.9. The van der Waals surface area contributed by atoms with Gasteiger partial charge in [-0.1, -0.05) is 70.4 Å². The van der Waals surface area contributed by atoms with Crippen LogP contribution in [0.4, 0.5) is 4.79 Å². The van der Waals surface area contributed by atoms with Crippen LogP contribution in [-0.4, -0.2) is 12.1 Å². The quantitative estimate of drug-likeness (QED) is 0.162. The Morgan fingerprint density at radius 3 is 1.79 bits per heavy atom. The molecule has 5 heteroatoms. The Morgan fingerprint density at radius 1 is 0.833 bits per heavy atom. The summed E-state index contributed by atoms with van der Waals surface area (Å²) in [7, 11) is 0. The van der Waals surface area contributed by atoms with Gasteiger partial charge in [-0.2, -0.15) is 0 Å². The maximum absolute atomic E-state index is 11.1. The van der Waals surface area contributed by atoms with Crippen molar-refractivity contribution in [2.24, 2.45) is 5.73 Å². The largest absolute Gasteiger partial charge is 1.00 e. The molecule has 0 aliphatic carbocycles. The van der Waals surface area contributed by atoms with E-state index in [1.54, 1.807) is 0 Å². The number of esters is 1. The molecule has 0 spiro atoms. The van der Waals surface area contributed by atoms with Crippen LogP contribution in [0, 0.1) is 0 Å². The fourth-order valence-electron chi connectivity index (χ4n) is 2.50. The van der Waals surface area contributed by atoms with Crippen molar-refractivity contribution < 1.29 is 45.3 Å². The Bertz CT molecular complexity index is 339. The molecule has 0 aromatic heterocycles. The molecule has 0 radical (unpaired) electrons. The number of primary amides is 1. The van der Waals surface area contributed by atoms with Crippen LogP contribution in [0.15, 0.2) is 12.2 Å². The van der Waals surface area contributed by atoms with Gasteiger partial charge in [-0.15, -0.1) is 0 Å². The summed E-state index contributed by atoms with van der Waals surface area (Å²) >= 11 is 0. The van der Waals surface area contributed by atoms with Gasteiger partial charge in [-0.3, -0.25) is 4.79 Å². The van der Waals surface area contributed by atoms with Gasteiger partial charge in [0.15, 0.2) is 0 Å². The van der Waals surface area contributed by atoms with E-state index in [0.717, 1.165) is 25.7 Å². The second kappa shape index (κ2) is 20.7. The number of nitrogens with two attached hydrogens (primary N) is 1. The minimum atomic E-state index is -1.01. The summed E-state index contributed by atoms with van der Waals surface area (Å²) in [4.78, 5) is 21.4. The third kappa shape index (κ3) is 21.7. The Morgan fingerprint density at radius 2 is 1.29 bits per heavy atom. The van der Waals surface area contributed by atoms with E-state index in [-0.39, 0.29) is 37.4 Å². The molecule has 0 fully saturated rings. The van der Waals surface area contributed by atoms with E-state index in [1.165, 1.54) is 57.8 Å². The maximum atomic E-state index is 11.1. The third-order valence-electron chi connectivity index (χ3n) is 3.86. The zero-order chi connectivity index (χ0) is 17.2. The smallest absolute Gasteiger partial charge is 1.00 e. The van der Waals surface area contributed by atoms with Crippen LogP contribution in [0.3, 0.4) is 0 Å². The predicted molar refractivity (Wildman–Crippen MR) is 96.2 cm³/mol. The molecule has 4 nitrogen and oxygen atoms in total. The molecule has 24 heavy (non-hydrogen) atoms. The Balaban J connectivity index is -0.00000242. The monoisotopic (exact) mass is 349 g/mol. The van der Waals surface area contributed by atoms with Crippen molar-refractivity contribution in [2.75, 3.05) is 0 Å². The summed E-state index contributed by atoms with van der Waals surface area (Å²) in [6, 6.07) is 0. The molecule has 0 aliphatic heterocycles. The fourth-order valence-corrected chi connectivity index (χ4v) is 2.50. The molecule has 0 saturated heterocycles. The van der Waals surface area contributed by atoms with Crippen LogP contribution in [-0.2, 0) is 9.53 Å². The number of amides is 1. The first-order valence-electron chi connectivity index (χ1n) is 9.32. The number of ether oxygens (including phenoxy) is 1. The minimum absolute atomic E-state index is 0. The number of hydrogen-bond donors (Lipinski definition) is 1. The topological polar surface area (TPSA) is 69.4 Å². The molecular weight excluding hydrogens is 313 g/mol. The average Bonchev–Trinajstić information content (AvgIpc) is 2.50. The molecule has 136 valence electrons. The second-order valence-electron chi connectivity index (χ2n) is 6.13. The van der Waals surface area contributed by atoms with E-state index in [9.17, 15) is 9.59 Å². The first-order valence-corrected chi connectivity index (χ1v) is 9.32. The Hall–Kier alpha value is -0.320. The molecular formula is C19H36NNaO3. The van der Waals surface area contributed by atoms with E-state index in [0.29, 0.717) is 0 Å². The first-order chi connectivity index (χ1) is 11.2. The molecule has 0 aromatic carbocycles. The number of unbranched alkanes of at least 4 members (excludes halogenated alkanes) is 11. The van der Waals surface area contributed by atoms with E-state index in [4.69, 9.17) is 5.73 Å². The van der Waals surface area contributed by atoms with Crippen LogP contribution < -0.4 is 35.3 Å². The number of hydrogen-bond acceptors (Lipinski definition) is 3. The molecule has 1 amide bonds.